The molecule has 0 saturated carbocycles. The Kier molecular flexibility index (Phi) is 9.10. The molecule has 0 aromatic carbocycles. The lowest BCUT2D eigenvalue weighted by Gasteiger charge is -2.14. The number of ether oxygens (including phenoxy) is 1. The molecular weight excluding hydrogens is 266 g/mol. The molecule has 0 aliphatic rings. The number of carbonyl (C=O) groups excluding carboxylic acids is 2. The van der Waals surface area contributed by atoms with Gasteiger partial charge in [0.2, 0.25) is 0 Å². The van der Waals surface area contributed by atoms with Crippen molar-refractivity contribution in [2.75, 3.05) is 34.3 Å². The molecule has 0 aliphatic carbocycles. The number of hydrogen-bond acceptors (Lipinski definition) is 5. The fraction of sp³-hybridized carbons (Fsp3) is 0.750. The molecule has 0 aromatic heterocycles. The van der Waals surface area contributed by atoms with E-state index < -0.39 is 30.4 Å². The fourth-order valence-electron chi connectivity index (χ4n) is 1.41. The molecule has 20 heavy (non-hydrogen) atoms. The van der Waals surface area contributed by atoms with E-state index in [1.54, 1.807) is 0 Å². The molecule has 116 valence electrons. The molecule has 0 radical (unpaired) electrons. The topological polar surface area (TPSA) is 108 Å². The summed E-state index contributed by atoms with van der Waals surface area (Å²) in [6.07, 6.45) is 1.32. The largest absolute Gasteiger partial charge is 0.480 e. The van der Waals surface area contributed by atoms with Crippen LogP contribution in [0, 0.1) is 0 Å². The number of nitrogens with zero attached hydrogens (tertiary/aromatic N) is 1. The van der Waals surface area contributed by atoms with E-state index in [1.807, 2.05) is 19.0 Å². The van der Waals surface area contributed by atoms with Gasteiger partial charge in [0.15, 0.2) is 0 Å². The Labute approximate surface area is 118 Å². The van der Waals surface area contributed by atoms with Gasteiger partial charge in [-0.3, -0.25) is 4.79 Å². The lowest BCUT2D eigenvalue weighted by molar-refractivity contribution is -0.147. The van der Waals surface area contributed by atoms with E-state index in [-0.39, 0.29) is 0 Å². The molecule has 0 unspecified atom stereocenters. The van der Waals surface area contributed by atoms with Gasteiger partial charge in [0, 0.05) is 6.54 Å². The van der Waals surface area contributed by atoms with E-state index in [4.69, 9.17) is 5.11 Å². The smallest absolute Gasteiger partial charge is 0.326 e. The Balaban J connectivity index is 3.96. The Morgan fingerprint density at radius 3 is 2.40 bits per heavy atom. The number of rotatable bonds is 9. The molecule has 0 aromatic rings. The van der Waals surface area contributed by atoms with E-state index in [0.29, 0.717) is 6.54 Å². The number of carboxylic acid groups (broad SMARTS) is 1. The van der Waals surface area contributed by atoms with E-state index in [2.05, 4.69) is 15.4 Å². The highest BCUT2D eigenvalue weighted by Crippen LogP contribution is 1.95. The summed E-state index contributed by atoms with van der Waals surface area (Å²) < 4.78 is 4.37. The fourth-order valence-corrected chi connectivity index (χ4v) is 1.41. The van der Waals surface area contributed by atoms with Crippen LogP contribution in [0.3, 0.4) is 0 Å². The molecule has 0 aliphatic heterocycles. The van der Waals surface area contributed by atoms with Crippen molar-refractivity contribution in [1.82, 2.24) is 15.5 Å². The summed E-state index contributed by atoms with van der Waals surface area (Å²) in [6, 6.07) is -1.89. The Hall–Kier alpha value is -1.83. The summed E-state index contributed by atoms with van der Waals surface area (Å²) in [7, 11) is 5.08. The second-order valence-electron chi connectivity index (χ2n) is 4.58. The van der Waals surface area contributed by atoms with Gasteiger partial charge in [0.05, 0.1) is 13.5 Å². The van der Waals surface area contributed by atoms with Crippen LogP contribution in [0.4, 0.5) is 4.79 Å². The Bertz CT molecular complexity index is 333. The standard InChI is InChI=1S/C12H23N3O5/c1-15(2)7-5-4-6-13-12(19)14-9(11(17)18)8-10(16)20-3/h9H,4-8H2,1-3H3,(H,17,18)(H2,13,14,19)/t9-/m0/s1. The first kappa shape index (κ1) is 18.2. The van der Waals surface area contributed by atoms with Crippen LogP contribution in [0.5, 0.6) is 0 Å². The number of methoxy groups -OCH3 is 1. The lowest BCUT2D eigenvalue weighted by Crippen LogP contribution is -2.47. The SMILES string of the molecule is COC(=O)C[C@H](NC(=O)NCCCCN(C)C)C(=O)O. The third kappa shape index (κ3) is 9.15. The average Bonchev–Trinajstić information content (AvgIpc) is 2.36. The van der Waals surface area contributed by atoms with Crippen LogP contribution >= 0.6 is 0 Å². The second kappa shape index (κ2) is 10.0. The highest BCUT2D eigenvalue weighted by atomic mass is 16.5. The molecule has 0 saturated heterocycles. The van der Waals surface area contributed by atoms with Crippen LogP contribution in [0.25, 0.3) is 0 Å². The molecule has 3 N–H and O–H groups in total. The molecular formula is C12H23N3O5. The number of nitrogens with one attached hydrogen (secondary N) is 2. The van der Waals surface area contributed by atoms with E-state index in [9.17, 15) is 14.4 Å². The molecule has 0 rings (SSSR count). The van der Waals surface area contributed by atoms with E-state index in [1.165, 1.54) is 0 Å². The van der Waals surface area contributed by atoms with Gasteiger partial charge in [-0.15, -0.1) is 0 Å². The Morgan fingerprint density at radius 1 is 1.25 bits per heavy atom. The van der Waals surface area contributed by atoms with Gasteiger partial charge in [-0.1, -0.05) is 0 Å². The van der Waals surface area contributed by atoms with Crippen LogP contribution in [-0.2, 0) is 14.3 Å². The van der Waals surface area contributed by atoms with E-state index in [0.717, 1.165) is 26.5 Å². The number of urea groups is 1. The van der Waals surface area contributed by atoms with Crippen molar-refractivity contribution < 1.29 is 24.2 Å². The van der Waals surface area contributed by atoms with Crippen molar-refractivity contribution in [3.63, 3.8) is 0 Å². The predicted octanol–water partition coefficient (Wildman–Crippen LogP) is -0.356. The predicted molar refractivity (Wildman–Crippen MR) is 72.4 cm³/mol. The first-order valence-corrected chi connectivity index (χ1v) is 6.35. The van der Waals surface area contributed by atoms with Crippen LogP contribution in [0.1, 0.15) is 19.3 Å². The molecule has 0 fully saturated rings. The minimum atomic E-state index is -1.29. The minimum Gasteiger partial charge on any atom is -0.480 e. The van der Waals surface area contributed by atoms with Crippen molar-refractivity contribution in [2.24, 2.45) is 0 Å². The number of carbonyl (C=O) groups is 3. The van der Waals surface area contributed by atoms with Crippen LogP contribution < -0.4 is 10.6 Å². The molecule has 8 heteroatoms. The van der Waals surface area contributed by atoms with Crippen molar-refractivity contribution in [2.45, 2.75) is 25.3 Å². The summed E-state index contributed by atoms with van der Waals surface area (Å²) in [4.78, 5) is 35.4. The summed E-state index contributed by atoms with van der Waals surface area (Å²) in [6.45, 7) is 1.37. The first-order chi connectivity index (χ1) is 9.36. The summed E-state index contributed by atoms with van der Waals surface area (Å²) in [5.74, 6) is -1.97. The van der Waals surface area contributed by atoms with Crippen LogP contribution in [0.15, 0.2) is 0 Å². The highest BCUT2D eigenvalue weighted by Gasteiger charge is 2.23. The van der Waals surface area contributed by atoms with Gasteiger partial charge in [-0.05, 0) is 33.5 Å². The molecule has 1 atom stereocenters. The van der Waals surface area contributed by atoms with Gasteiger partial charge in [-0.2, -0.15) is 0 Å². The number of hydrogen-bond donors (Lipinski definition) is 3. The van der Waals surface area contributed by atoms with Gasteiger partial charge >= 0.3 is 18.0 Å². The maximum absolute atomic E-state index is 11.5. The zero-order chi connectivity index (χ0) is 15.5. The van der Waals surface area contributed by atoms with Crippen molar-refractivity contribution in [1.29, 1.82) is 0 Å². The van der Waals surface area contributed by atoms with E-state index >= 15 is 0 Å². The zero-order valence-corrected chi connectivity index (χ0v) is 12.1. The number of unbranched alkanes of at least 4 members (excludes halogenated alkanes) is 1. The van der Waals surface area contributed by atoms with Gasteiger partial charge < -0.3 is 25.4 Å². The number of esters is 1. The maximum Gasteiger partial charge on any atom is 0.326 e. The van der Waals surface area contributed by atoms with Crippen molar-refractivity contribution in [3.05, 3.63) is 0 Å². The van der Waals surface area contributed by atoms with Gasteiger partial charge in [-0.25, -0.2) is 9.59 Å². The minimum absolute atomic E-state index is 0.403. The normalized spacial score (nSPS) is 11.8. The lowest BCUT2D eigenvalue weighted by atomic mass is 10.2. The molecule has 0 spiro atoms. The zero-order valence-electron chi connectivity index (χ0n) is 12.1. The molecule has 0 bridgehead atoms. The van der Waals surface area contributed by atoms with Crippen molar-refractivity contribution >= 4 is 18.0 Å². The number of aliphatic carboxylic acids is 1. The van der Waals surface area contributed by atoms with Gasteiger partial charge in [0.1, 0.15) is 6.04 Å². The second-order valence-corrected chi connectivity index (χ2v) is 4.58. The summed E-state index contributed by atoms with van der Waals surface area (Å²) in [5.41, 5.74) is 0. The summed E-state index contributed by atoms with van der Waals surface area (Å²) in [5, 5.41) is 13.7. The third-order valence-electron chi connectivity index (χ3n) is 2.52. The number of amides is 2. The maximum atomic E-state index is 11.5. The molecule has 2 amide bonds. The monoisotopic (exact) mass is 289 g/mol. The van der Waals surface area contributed by atoms with Crippen LogP contribution in [-0.4, -0.2) is 68.3 Å². The first-order valence-electron chi connectivity index (χ1n) is 6.35. The average molecular weight is 289 g/mol. The third-order valence-corrected chi connectivity index (χ3v) is 2.52. The molecule has 0 heterocycles. The van der Waals surface area contributed by atoms with Crippen molar-refractivity contribution in [3.8, 4) is 0 Å². The number of carboxylic acids is 1. The summed E-state index contributed by atoms with van der Waals surface area (Å²) >= 11 is 0. The molecule has 8 nitrogen and oxygen atoms in total. The van der Waals surface area contributed by atoms with Gasteiger partial charge in [0.25, 0.3) is 0 Å². The quantitative estimate of drug-likeness (QED) is 0.395. The highest BCUT2D eigenvalue weighted by molar-refractivity contribution is 5.86. The van der Waals surface area contributed by atoms with Crippen LogP contribution in [0.2, 0.25) is 0 Å². The Morgan fingerprint density at radius 2 is 1.90 bits per heavy atom.